The van der Waals surface area contributed by atoms with Gasteiger partial charge in [-0.15, -0.1) is 0 Å². The van der Waals surface area contributed by atoms with Crippen LogP contribution in [0.15, 0.2) is 30.4 Å². The zero-order valence-corrected chi connectivity index (χ0v) is 15.9. The van der Waals surface area contributed by atoms with Gasteiger partial charge in [0.2, 0.25) is 0 Å². The second-order valence-electron chi connectivity index (χ2n) is 5.85. The van der Waals surface area contributed by atoms with Gasteiger partial charge in [-0.3, -0.25) is 9.59 Å². The van der Waals surface area contributed by atoms with Crippen molar-refractivity contribution in [2.45, 2.75) is 58.3 Å². The summed E-state index contributed by atoms with van der Waals surface area (Å²) in [7, 11) is 0. The van der Waals surface area contributed by atoms with Crippen molar-refractivity contribution >= 4 is 23.5 Å². The van der Waals surface area contributed by atoms with Gasteiger partial charge >= 0.3 is 11.9 Å². The number of hydrogen-bond acceptors (Lipinski definition) is 4. The van der Waals surface area contributed by atoms with Crippen LogP contribution in [-0.4, -0.2) is 18.5 Å². The Morgan fingerprint density at radius 1 is 1.08 bits per heavy atom. The Morgan fingerprint density at radius 3 is 2.46 bits per heavy atom. The van der Waals surface area contributed by atoms with Crippen molar-refractivity contribution in [2.24, 2.45) is 0 Å². The molecule has 0 saturated heterocycles. The average Bonchev–Trinajstić information content (AvgIpc) is 2.62. The van der Waals surface area contributed by atoms with E-state index in [4.69, 9.17) is 21.1 Å². The number of allylic oxidation sites excluding steroid dienone is 2. The largest absolute Gasteiger partial charge is 0.466 e. The third-order valence-corrected chi connectivity index (χ3v) is 3.88. The molecule has 4 nitrogen and oxygen atoms in total. The van der Waals surface area contributed by atoms with Crippen molar-refractivity contribution in [1.29, 1.82) is 0 Å². The van der Waals surface area contributed by atoms with E-state index in [9.17, 15) is 14.0 Å². The van der Waals surface area contributed by atoms with E-state index in [1.54, 1.807) is 0 Å². The molecule has 0 heterocycles. The van der Waals surface area contributed by atoms with E-state index in [0.29, 0.717) is 6.61 Å². The van der Waals surface area contributed by atoms with Gasteiger partial charge in [0.15, 0.2) is 11.6 Å². The molecule has 0 radical (unpaired) electrons. The normalized spacial score (nSPS) is 10.9. The Kier molecular flexibility index (Phi) is 11.4. The molecule has 0 aliphatic heterocycles. The molecule has 0 atom stereocenters. The van der Waals surface area contributed by atoms with Crippen LogP contribution in [0.2, 0.25) is 5.02 Å². The molecule has 144 valence electrons. The molecule has 1 rings (SSSR count). The first kappa shape index (κ1) is 22.2. The minimum Gasteiger partial charge on any atom is -0.466 e. The van der Waals surface area contributed by atoms with Crippen LogP contribution in [0, 0.1) is 5.82 Å². The molecule has 0 fully saturated rings. The summed E-state index contributed by atoms with van der Waals surface area (Å²) in [6.45, 7) is 2.49. The summed E-state index contributed by atoms with van der Waals surface area (Å²) < 4.78 is 23.4. The summed E-state index contributed by atoms with van der Waals surface area (Å²) >= 11 is 5.77. The predicted octanol–water partition coefficient (Wildman–Crippen LogP) is 5.62. The third kappa shape index (κ3) is 9.56. The Balaban J connectivity index is 2.13. The Hall–Kier alpha value is -1.88. The number of carbonyl (C=O) groups excluding carboxylic acids is 2. The van der Waals surface area contributed by atoms with Crippen LogP contribution in [0.4, 0.5) is 4.39 Å². The Labute approximate surface area is 159 Å². The zero-order valence-electron chi connectivity index (χ0n) is 15.1. The van der Waals surface area contributed by atoms with Crippen LogP contribution in [0.1, 0.15) is 58.3 Å². The fraction of sp³-hybridized carbons (Fsp3) is 0.500. The quantitative estimate of drug-likeness (QED) is 0.203. The van der Waals surface area contributed by atoms with Crippen LogP contribution in [0.3, 0.4) is 0 Å². The van der Waals surface area contributed by atoms with Crippen LogP contribution < -0.4 is 4.74 Å². The standard InChI is InChI=1S/C20H26ClFO4/c1-2-3-4-5-6-7-8-9-15-25-18(23)13-14-19(24)26-20-16(21)11-10-12-17(20)22/h6-7,10-12H,2-5,8-9,13-15H2,1H3/b7-6+. The van der Waals surface area contributed by atoms with Gasteiger partial charge in [-0.05, 0) is 37.8 Å². The lowest BCUT2D eigenvalue weighted by Crippen LogP contribution is -2.13. The highest BCUT2D eigenvalue weighted by atomic mass is 35.5. The van der Waals surface area contributed by atoms with Gasteiger partial charge in [-0.25, -0.2) is 4.39 Å². The van der Waals surface area contributed by atoms with Crippen LogP contribution in [-0.2, 0) is 14.3 Å². The summed E-state index contributed by atoms with van der Waals surface area (Å²) in [5, 5.41) is 0.00340. The van der Waals surface area contributed by atoms with Crippen molar-refractivity contribution in [3.8, 4) is 5.75 Å². The summed E-state index contributed by atoms with van der Waals surface area (Å²) in [4.78, 5) is 23.3. The smallest absolute Gasteiger partial charge is 0.311 e. The number of hydrogen-bond donors (Lipinski definition) is 0. The molecular formula is C20H26ClFO4. The summed E-state index contributed by atoms with van der Waals surface area (Å²) in [5.41, 5.74) is 0. The highest BCUT2D eigenvalue weighted by Crippen LogP contribution is 2.27. The van der Waals surface area contributed by atoms with E-state index in [1.165, 1.54) is 31.4 Å². The zero-order chi connectivity index (χ0) is 19.2. The van der Waals surface area contributed by atoms with E-state index in [0.717, 1.165) is 25.3 Å². The Morgan fingerprint density at radius 2 is 1.77 bits per heavy atom. The van der Waals surface area contributed by atoms with Gasteiger partial charge in [0.1, 0.15) is 0 Å². The lowest BCUT2D eigenvalue weighted by atomic mass is 10.2. The van der Waals surface area contributed by atoms with Crippen molar-refractivity contribution in [2.75, 3.05) is 6.61 Å². The fourth-order valence-corrected chi connectivity index (χ4v) is 2.36. The molecule has 0 amide bonds. The monoisotopic (exact) mass is 384 g/mol. The number of para-hydroxylation sites is 1. The van der Waals surface area contributed by atoms with Crippen LogP contribution >= 0.6 is 11.6 Å². The van der Waals surface area contributed by atoms with Gasteiger partial charge in [0.25, 0.3) is 0 Å². The predicted molar refractivity (Wildman–Crippen MR) is 99.8 cm³/mol. The fourth-order valence-electron chi connectivity index (χ4n) is 2.16. The molecule has 0 spiro atoms. The van der Waals surface area contributed by atoms with Crippen molar-refractivity contribution in [1.82, 2.24) is 0 Å². The van der Waals surface area contributed by atoms with E-state index in [-0.39, 0.29) is 23.6 Å². The molecule has 0 saturated carbocycles. The van der Waals surface area contributed by atoms with Gasteiger partial charge in [-0.1, -0.05) is 49.6 Å². The SMILES string of the molecule is CCCCC/C=C/CCCOC(=O)CCC(=O)Oc1c(F)cccc1Cl. The third-order valence-electron chi connectivity index (χ3n) is 3.59. The maximum atomic E-state index is 13.5. The van der Waals surface area contributed by atoms with Gasteiger partial charge < -0.3 is 9.47 Å². The molecule has 6 heteroatoms. The highest BCUT2D eigenvalue weighted by molar-refractivity contribution is 6.32. The second kappa shape index (κ2) is 13.3. The Bertz CT molecular complexity index is 581. The molecule has 0 aromatic heterocycles. The lowest BCUT2D eigenvalue weighted by molar-refractivity contribution is -0.147. The van der Waals surface area contributed by atoms with E-state index in [2.05, 4.69) is 19.1 Å². The molecule has 1 aromatic rings. The van der Waals surface area contributed by atoms with E-state index in [1.807, 2.05) is 0 Å². The first-order valence-electron chi connectivity index (χ1n) is 9.00. The number of halogens is 2. The minimum atomic E-state index is -0.732. The van der Waals surface area contributed by atoms with Crippen molar-refractivity contribution < 1.29 is 23.5 Å². The number of rotatable bonds is 12. The summed E-state index contributed by atoms with van der Waals surface area (Å²) in [6, 6.07) is 3.97. The van der Waals surface area contributed by atoms with Crippen molar-refractivity contribution in [3.63, 3.8) is 0 Å². The van der Waals surface area contributed by atoms with Gasteiger partial charge in [-0.2, -0.15) is 0 Å². The highest BCUT2D eigenvalue weighted by Gasteiger charge is 2.15. The summed E-state index contributed by atoms with van der Waals surface area (Å²) in [6.07, 6.45) is 10.3. The molecule has 0 aliphatic rings. The van der Waals surface area contributed by atoms with Gasteiger partial charge in [0.05, 0.1) is 24.5 Å². The van der Waals surface area contributed by atoms with Crippen LogP contribution in [0.25, 0.3) is 0 Å². The number of carbonyl (C=O) groups is 2. The maximum Gasteiger partial charge on any atom is 0.311 e. The minimum absolute atomic E-state index is 0.00340. The number of benzene rings is 1. The molecule has 0 bridgehead atoms. The van der Waals surface area contributed by atoms with E-state index < -0.39 is 17.8 Å². The van der Waals surface area contributed by atoms with Gasteiger partial charge in [0, 0.05) is 0 Å². The molecular weight excluding hydrogens is 359 g/mol. The molecule has 26 heavy (non-hydrogen) atoms. The molecule has 0 unspecified atom stereocenters. The molecule has 0 aliphatic carbocycles. The average molecular weight is 385 g/mol. The van der Waals surface area contributed by atoms with E-state index >= 15 is 0 Å². The lowest BCUT2D eigenvalue weighted by Gasteiger charge is -2.07. The van der Waals surface area contributed by atoms with Crippen LogP contribution in [0.5, 0.6) is 5.75 Å². The number of esters is 2. The molecule has 1 aromatic carbocycles. The first-order chi connectivity index (χ1) is 12.5. The summed E-state index contributed by atoms with van der Waals surface area (Å²) in [5.74, 6) is -2.26. The second-order valence-corrected chi connectivity index (χ2v) is 6.26. The number of ether oxygens (including phenoxy) is 2. The maximum absolute atomic E-state index is 13.5. The molecule has 0 N–H and O–H groups in total. The topological polar surface area (TPSA) is 52.6 Å². The number of unbranched alkanes of at least 4 members (excludes halogenated alkanes) is 4. The first-order valence-corrected chi connectivity index (χ1v) is 9.37. The van der Waals surface area contributed by atoms with Crippen molar-refractivity contribution in [3.05, 3.63) is 41.2 Å².